The fourth-order valence-electron chi connectivity index (χ4n) is 2.46. The SMILES string of the molecule is CCNCc1ccc(Cn2cnc3cc(C)c(C)cc32)s1. The summed E-state index contributed by atoms with van der Waals surface area (Å²) in [5.41, 5.74) is 4.93. The van der Waals surface area contributed by atoms with Crippen molar-refractivity contribution in [2.45, 2.75) is 33.9 Å². The molecule has 0 radical (unpaired) electrons. The number of fused-ring (bicyclic) bond motifs is 1. The second-order valence-corrected chi connectivity index (χ2v) is 6.70. The monoisotopic (exact) mass is 299 g/mol. The Morgan fingerprint density at radius 3 is 2.71 bits per heavy atom. The number of aromatic nitrogens is 2. The maximum absolute atomic E-state index is 4.53. The van der Waals surface area contributed by atoms with E-state index in [1.807, 2.05) is 17.7 Å². The molecule has 0 aliphatic carbocycles. The minimum absolute atomic E-state index is 0.899. The topological polar surface area (TPSA) is 29.9 Å². The molecule has 0 atom stereocenters. The van der Waals surface area contributed by atoms with Gasteiger partial charge >= 0.3 is 0 Å². The van der Waals surface area contributed by atoms with Gasteiger partial charge in [-0.3, -0.25) is 0 Å². The molecule has 0 fully saturated rings. The zero-order valence-electron chi connectivity index (χ0n) is 12.8. The van der Waals surface area contributed by atoms with Crippen molar-refractivity contribution in [3.8, 4) is 0 Å². The quantitative estimate of drug-likeness (QED) is 0.775. The highest BCUT2D eigenvalue weighted by molar-refractivity contribution is 7.11. The Bertz CT molecular complexity index is 755. The standard InChI is InChI=1S/C17H21N3S/c1-4-18-9-14-5-6-15(21-14)10-20-11-19-16-7-12(2)13(3)8-17(16)20/h5-8,11,18H,4,9-10H2,1-3H3. The molecule has 2 aromatic heterocycles. The average molecular weight is 299 g/mol. The van der Waals surface area contributed by atoms with Gasteiger partial charge in [0.15, 0.2) is 0 Å². The van der Waals surface area contributed by atoms with Crippen LogP contribution >= 0.6 is 11.3 Å². The number of nitrogens with one attached hydrogen (secondary N) is 1. The molecule has 0 spiro atoms. The Labute approximate surface area is 129 Å². The van der Waals surface area contributed by atoms with E-state index < -0.39 is 0 Å². The Kier molecular flexibility index (Phi) is 4.08. The largest absolute Gasteiger partial charge is 0.325 e. The van der Waals surface area contributed by atoms with Crippen molar-refractivity contribution in [3.63, 3.8) is 0 Å². The maximum atomic E-state index is 4.53. The van der Waals surface area contributed by atoms with Crippen molar-refractivity contribution >= 4 is 22.4 Å². The van der Waals surface area contributed by atoms with E-state index in [1.165, 1.54) is 26.4 Å². The Morgan fingerprint density at radius 1 is 1.14 bits per heavy atom. The average Bonchev–Trinajstić information content (AvgIpc) is 3.06. The molecule has 2 heterocycles. The highest BCUT2D eigenvalue weighted by atomic mass is 32.1. The van der Waals surface area contributed by atoms with Crippen LogP contribution < -0.4 is 5.32 Å². The van der Waals surface area contributed by atoms with Gasteiger partial charge in [0.05, 0.1) is 23.9 Å². The van der Waals surface area contributed by atoms with E-state index in [9.17, 15) is 0 Å². The van der Waals surface area contributed by atoms with Crippen molar-refractivity contribution < 1.29 is 0 Å². The molecule has 21 heavy (non-hydrogen) atoms. The molecule has 0 saturated heterocycles. The van der Waals surface area contributed by atoms with Crippen LogP contribution in [0.4, 0.5) is 0 Å². The van der Waals surface area contributed by atoms with E-state index in [0.29, 0.717) is 0 Å². The number of rotatable bonds is 5. The van der Waals surface area contributed by atoms with Gasteiger partial charge in [0, 0.05) is 16.3 Å². The van der Waals surface area contributed by atoms with E-state index in [-0.39, 0.29) is 0 Å². The van der Waals surface area contributed by atoms with Crippen LogP contribution in [0.25, 0.3) is 11.0 Å². The van der Waals surface area contributed by atoms with Gasteiger partial charge in [0.2, 0.25) is 0 Å². The van der Waals surface area contributed by atoms with Crippen LogP contribution in [0.2, 0.25) is 0 Å². The predicted molar refractivity (Wildman–Crippen MR) is 90.0 cm³/mol. The van der Waals surface area contributed by atoms with Gasteiger partial charge in [0.25, 0.3) is 0 Å². The fraction of sp³-hybridized carbons (Fsp3) is 0.353. The van der Waals surface area contributed by atoms with E-state index in [1.54, 1.807) is 0 Å². The number of hydrogen-bond donors (Lipinski definition) is 1. The highest BCUT2D eigenvalue weighted by Gasteiger charge is 2.07. The van der Waals surface area contributed by atoms with Gasteiger partial charge in [-0.1, -0.05) is 6.92 Å². The van der Waals surface area contributed by atoms with Crippen molar-refractivity contribution in [3.05, 3.63) is 51.5 Å². The summed E-state index contributed by atoms with van der Waals surface area (Å²) in [4.78, 5) is 7.30. The molecule has 0 saturated carbocycles. The zero-order chi connectivity index (χ0) is 14.8. The summed E-state index contributed by atoms with van der Waals surface area (Å²) < 4.78 is 2.24. The third-order valence-corrected chi connectivity index (χ3v) is 4.90. The number of imidazole rings is 1. The smallest absolute Gasteiger partial charge is 0.0961 e. The Balaban J connectivity index is 1.84. The van der Waals surface area contributed by atoms with Crippen LogP contribution in [0.3, 0.4) is 0 Å². The molecule has 4 heteroatoms. The van der Waals surface area contributed by atoms with Crippen molar-refractivity contribution in [1.29, 1.82) is 0 Å². The molecule has 0 aliphatic heterocycles. The number of aryl methyl sites for hydroxylation is 2. The van der Waals surface area contributed by atoms with Crippen LogP contribution in [-0.4, -0.2) is 16.1 Å². The second-order valence-electron chi connectivity index (χ2n) is 5.45. The van der Waals surface area contributed by atoms with Gasteiger partial charge in [-0.2, -0.15) is 0 Å². The molecule has 0 aliphatic rings. The Morgan fingerprint density at radius 2 is 1.90 bits per heavy atom. The summed E-state index contributed by atoms with van der Waals surface area (Å²) in [5.74, 6) is 0. The lowest BCUT2D eigenvalue weighted by atomic mass is 10.1. The molecule has 3 nitrogen and oxygen atoms in total. The lowest BCUT2D eigenvalue weighted by Crippen LogP contribution is -2.10. The van der Waals surface area contributed by atoms with E-state index in [0.717, 1.165) is 25.2 Å². The third-order valence-electron chi connectivity index (χ3n) is 3.83. The summed E-state index contributed by atoms with van der Waals surface area (Å²) in [6.07, 6.45) is 1.95. The number of thiophene rings is 1. The third kappa shape index (κ3) is 3.01. The predicted octanol–water partition coefficient (Wildman–Crippen LogP) is 3.87. The Hall–Kier alpha value is -1.65. The first-order chi connectivity index (χ1) is 10.2. The van der Waals surface area contributed by atoms with Gasteiger partial charge in [0.1, 0.15) is 0 Å². The number of benzene rings is 1. The minimum Gasteiger partial charge on any atom is -0.325 e. The molecular formula is C17H21N3S. The first kappa shape index (κ1) is 14.3. The summed E-state index contributed by atoms with van der Waals surface area (Å²) in [7, 11) is 0. The molecule has 1 aromatic carbocycles. The maximum Gasteiger partial charge on any atom is 0.0961 e. The van der Waals surface area contributed by atoms with Crippen LogP contribution in [0.15, 0.2) is 30.6 Å². The zero-order valence-corrected chi connectivity index (χ0v) is 13.6. The molecule has 110 valence electrons. The van der Waals surface area contributed by atoms with Crippen LogP contribution in [-0.2, 0) is 13.1 Å². The van der Waals surface area contributed by atoms with Gasteiger partial charge in [-0.15, -0.1) is 11.3 Å². The molecule has 3 rings (SSSR count). The molecule has 0 amide bonds. The summed E-state index contributed by atoms with van der Waals surface area (Å²) in [6, 6.07) is 8.86. The highest BCUT2D eigenvalue weighted by Crippen LogP contribution is 2.22. The molecular weight excluding hydrogens is 278 g/mol. The van der Waals surface area contributed by atoms with Gasteiger partial charge < -0.3 is 9.88 Å². The molecule has 0 unspecified atom stereocenters. The van der Waals surface area contributed by atoms with Crippen molar-refractivity contribution in [2.24, 2.45) is 0 Å². The lowest BCUT2D eigenvalue weighted by molar-refractivity contribution is 0.735. The van der Waals surface area contributed by atoms with E-state index >= 15 is 0 Å². The fourth-order valence-corrected chi connectivity index (χ4v) is 3.44. The molecule has 1 N–H and O–H groups in total. The summed E-state index contributed by atoms with van der Waals surface area (Å²) >= 11 is 1.88. The first-order valence-corrected chi connectivity index (χ1v) is 8.19. The summed E-state index contributed by atoms with van der Waals surface area (Å²) in [6.45, 7) is 9.31. The van der Waals surface area contributed by atoms with Gasteiger partial charge in [-0.25, -0.2) is 4.98 Å². The van der Waals surface area contributed by atoms with Gasteiger partial charge in [-0.05, 0) is 55.8 Å². The lowest BCUT2D eigenvalue weighted by Gasteiger charge is -2.04. The van der Waals surface area contributed by atoms with Crippen LogP contribution in [0.5, 0.6) is 0 Å². The van der Waals surface area contributed by atoms with Crippen molar-refractivity contribution in [1.82, 2.24) is 14.9 Å². The molecule has 3 aromatic rings. The van der Waals surface area contributed by atoms with E-state index in [2.05, 4.69) is 59.9 Å². The van der Waals surface area contributed by atoms with E-state index in [4.69, 9.17) is 0 Å². The first-order valence-electron chi connectivity index (χ1n) is 7.37. The molecule has 0 bridgehead atoms. The minimum atomic E-state index is 0.899. The van der Waals surface area contributed by atoms with Crippen LogP contribution in [0, 0.1) is 13.8 Å². The second kappa shape index (κ2) is 6.00. The number of hydrogen-bond acceptors (Lipinski definition) is 3. The normalized spacial score (nSPS) is 11.4. The summed E-state index contributed by atoms with van der Waals surface area (Å²) in [5, 5.41) is 3.37. The van der Waals surface area contributed by atoms with Crippen molar-refractivity contribution in [2.75, 3.05) is 6.54 Å². The van der Waals surface area contributed by atoms with Crippen LogP contribution in [0.1, 0.15) is 27.8 Å². The number of nitrogens with zero attached hydrogens (tertiary/aromatic N) is 2.